The Bertz CT molecular complexity index is 366. The predicted octanol–water partition coefficient (Wildman–Crippen LogP) is 5.50. The quantitative estimate of drug-likeness (QED) is 0.374. The molecule has 0 fully saturated rings. The van der Waals surface area contributed by atoms with Crippen LogP contribution < -0.4 is 4.43 Å². The summed E-state index contributed by atoms with van der Waals surface area (Å²) in [4.78, 5) is 0. The average molecular weight is 376 g/mol. The van der Waals surface area contributed by atoms with Crippen LogP contribution in [0.4, 0.5) is 0 Å². The van der Waals surface area contributed by atoms with E-state index in [0.717, 1.165) is 5.75 Å². The largest absolute Gasteiger partial charge is 0.542 e. The summed E-state index contributed by atoms with van der Waals surface area (Å²) in [5.41, 5.74) is 2.50. The Morgan fingerprint density at radius 3 is 2.00 bits per heavy atom. The van der Waals surface area contributed by atoms with E-state index in [9.17, 15) is 0 Å². The molecule has 1 aromatic carbocycles. The Kier molecular flexibility index (Phi) is 5.71. The van der Waals surface area contributed by atoms with Crippen LogP contribution in [0, 0.1) is 6.92 Å². The van der Waals surface area contributed by atoms with Crippen molar-refractivity contribution in [2.45, 2.75) is 56.2 Å². The number of halogens is 1. The molecule has 102 valence electrons. The monoisotopic (exact) mass is 376 g/mol. The van der Waals surface area contributed by atoms with Gasteiger partial charge in [0.05, 0.1) is 0 Å². The third-order valence-corrected chi connectivity index (χ3v) is 12.1. The van der Waals surface area contributed by atoms with Crippen molar-refractivity contribution in [3.63, 3.8) is 0 Å². The van der Waals surface area contributed by atoms with Gasteiger partial charge in [-0.2, -0.15) is 0 Å². The van der Waals surface area contributed by atoms with Gasteiger partial charge in [0.15, 0.2) is 0 Å². The van der Waals surface area contributed by atoms with E-state index >= 15 is 0 Å². The molecule has 18 heavy (non-hydrogen) atoms. The van der Waals surface area contributed by atoms with Crippen molar-refractivity contribution in [2.75, 3.05) is 0 Å². The first kappa shape index (κ1) is 16.0. The van der Waals surface area contributed by atoms with Crippen LogP contribution in [-0.4, -0.2) is 11.9 Å². The standard InChI is InChI=1S/C15H25IOSi/c1-11(2)18(12(3)4,14(6)16)17-15-9-7-8-13(5)10-15/h7-12,14H,1-6H3. The normalized spacial score (nSPS) is 14.1. The molecule has 1 aromatic rings. The van der Waals surface area contributed by atoms with Crippen LogP contribution in [0.3, 0.4) is 0 Å². The Labute approximate surface area is 127 Å². The van der Waals surface area contributed by atoms with Gasteiger partial charge in [-0.15, -0.1) is 0 Å². The highest BCUT2D eigenvalue weighted by Gasteiger charge is 2.48. The summed E-state index contributed by atoms with van der Waals surface area (Å²) < 4.78 is 7.19. The van der Waals surface area contributed by atoms with E-state index in [2.05, 4.69) is 88.4 Å². The molecule has 0 aliphatic carbocycles. The predicted molar refractivity (Wildman–Crippen MR) is 91.2 cm³/mol. The lowest BCUT2D eigenvalue weighted by atomic mass is 10.2. The molecule has 1 unspecified atom stereocenters. The second-order valence-electron chi connectivity index (χ2n) is 5.70. The molecule has 0 N–H and O–H groups in total. The van der Waals surface area contributed by atoms with Crippen molar-refractivity contribution in [3.05, 3.63) is 29.8 Å². The molecule has 0 aliphatic heterocycles. The van der Waals surface area contributed by atoms with Crippen LogP contribution in [0.5, 0.6) is 5.75 Å². The van der Waals surface area contributed by atoms with Gasteiger partial charge in [0, 0.05) is 3.55 Å². The minimum Gasteiger partial charge on any atom is -0.542 e. The van der Waals surface area contributed by atoms with Gasteiger partial charge in [-0.1, -0.05) is 69.3 Å². The SMILES string of the molecule is Cc1cccc(O[Si](C(C)C)(C(C)C)C(C)I)c1. The Hall–Kier alpha value is -0.0331. The molecule has 0 aliphatic rings. The lowest BCUT2D eigenvalue weighted by Gasteiger charge is -2.41. The van der Waals surface area contributed by atoms with Crippen LogP contribution >= 0.6 is 22.6 Å². The average Bonchev–Trinajstić information content (AvgIpc) is 2.24. The van der Waals surface area contributed by atoms with Crippen molar-refractivity contribution >= 4 is 30.9 Å². The molecule has 0 spiro atoms. The second-order valence-corrected chi connectivity index (χ2v) is 13.8. The zero-order chi connectivity index (χ0) is 13.9. The molecule has 0 bridgehead atoms. The van der Waals surface area contributed by atoms with Crippen LogP contribution in [0.2, 0.25) is 11.1 Å². The summed E-state index contributed by atoms with van der Waals surface area (Å²) in [7, 11) is -1.80. The number of hydrogen-bond acceptors (Lipinski definition) is 1. The number of benzene rings is 1. The number of hydrogen-bond donors (Lipinski definition) is 0. The van der Waals surface area contributed by atoms with Crippen molar-refractivity contribution in [1.29, 1.82) is 0 Å². The van der Waals surface area contributed by atoms with E-state index in [0.29, 0.717) is 14.6 Å². The zero-order valence-corrected chi connectivity index (χ0v) is 15.5. The number of alkyl halides is 1. The Morgan fingerprint density at radius 1 is 1.06 bits per heavy atom. The molecule has 3 heteroatoms. The van der Waals surface area contributed by atoms with E-state index in [4.69, 9.17) is 4.43 Å². The van der Waals surface area contributed by atoms with Crippen molar-refractivity contribution < 1.29 is 4.43 Å². The second kappa shape index (κ2) is 6.42. The fourth-order valence-electron chi connectivity index (χ4n) is 2.79. The number of rotatable bonds is 5. The summed E-state index contributed by atoms with van der Waals surface area (Å²) in [5.74, 6) is 1.05. The van der Waals surface area contributed by atoms with Gasteiger partial charge in [-0.05, 0) is 35.7 Å². The van der Waals surface area contributed by atoms with Crippen molar-refractivity contribution in [3.8, 4) is 5.75 Å². The van der Waals surface area contributed by atoms with E-state index < -0.39 is 8.32 Å². The lowest BCUT2D eigenvalue weighted by molar-refractivity contribution is 0.496. The summed E-state index contributed by atoms with van der Waals surface area (Å²) in [6, 6.07) is 8.46. The highest BCUT2D eigenvalue weighted by Crippen LogP contribution is 2.40. The first-order valence-corrected chi connectivity index (χ1v) is 10.1. The lowest BCUT2D eigenvalue weighted by Crippen LogP contribution is -2.54. The van der Waals surface area contributed by atoms with E-state index in [1.54, 1.807) is 0 Å². The van der Waals surface area contributed by atoms with Crippen LogP contribution in [0.1, 0.15) is 40.2 Å². The van der Waals surface area contributed by atoms with Crippen LogP contribution in [-0.2, 0) is 0 Å². The molecule has 1 nitrogen and oxygen atoms in total. The molecular weight excluding hydrogens is 351 g/mol. The fraction of sp³-hybridized carbons (Fsp3) is 0.600. The van der Waals surface area contributed by atoms with Gasteiger partial charge >= 0.3 is 0 Å². The molecule has 0 aromatic heterocycles. The molecule has 0 amide bonds. The third kappa shape index (κ3) is 3.29. The molecule has 1 atom stereocenters. The smallest absolute Gasteiger partial charge is 0.268 e. The number of aryl methyl sites for hydroxylation is 1. The molecule has 0 heterocycles. The van der Waals surface area contributed by atoms with Gasteiger partial charge in [0.25, 0.3) is 8.32 Å². The first-order valence-electron chi connectivity index (χ1n) is 6.70. The summed E-state index contributed by atoms with van der Waals surface area (Å²) in [6.07, 6.45) is 0. The Morgan fingerprint density at radius 2 is 1.61 bits per heavy atom. The maximum atomic E-state index is 6.60. The maximum Gasteiger partial charge on any atom is 0.268 e. The third-order valence-electron chi connectivity index (χ3n) is 3.71. The first-order chi connectivity index (χ1) is 8.30. The van der Waals surface area contributed by atoms with E-state index in [1.165, 1.54) is 5.56 Å². The molecule has 0 saturated carbocycles. The van der Waals surface area contributed by atoms with Gasteiger partial charge in [-0.25, -0.2) is 0 Å². The highest BCUT2D eigenvalue weighted by atomic mass is 127. The molecular formula is C15H25IOSi. The van der Waals surface area contributed by atoms with Crippen molar-refractivity contribution in [2.24, 2.45) is 0 Å². The highest BCUT2D eigenvalue weighted by molar-refractivity contribution is 14.1. The van der Waals surface area contributed by atoms with E-state index in [1.807, 2.05) is 0 Å². The van der Waals surface area contributed by atoms with Gasteiger partial charge in [-0.3, -0.25) is 0 Å². The molecule has 0 saturated heterocycles. The molecule has 0 radical (unpaired) electrons. The minimum atomic E-state index is -1.80. The maximum absolute atomic E-state index is 6.60. The van der Waals surface area contributed by atoms with E-state index in [-0.39, 0.29) is 0 Å². The topological polar surface area (TPSA) is 9.23 Å². The van der Waals surface area contributed by atoms with Gasteiger partial charge in [0.2, 0.25) is 0 Å². The fourth-order valence-corrected chi connectivity index (χ4v) is 11.8. The summed E-state index contributed by atoms with van der Waals surface area (Å²) in [6.45, 7) is 13.7. The van der Waals surface area contributed by atoms with Gasteiger partial charge < -0.3 is 4.43 Å². The van der Waals surface area contributed by atoms with Crippen LogP contribution in [0.15, 0.2) is 24.3 Å². The Balaban J connectivity index is 3.12. The zero-order valence-electron chi connectivity index (χ0n) is 12.3. The minimum absolute atomic E-state index is 0.593. The van der Waals surface area contributed by atoms with Crippen molar-refractivity contribution in [1.82, 2.24) is 0 Å². The van der Waals surface area contributed by atoms with Gasteiger partial charge in [0.1, 0.15) is 5.75 Å². The molecule has 1 rings (SSSR count). The summed E-state index contributed by atoms with van der Waals surface area (Å²) in [5, 5.41) is 0. The van der Waals surface area contributed by atoms with Crippen LogP contribution in [0.25, 0.3) is 0 Å². The summed E-state index contributed by atoms with van der Waals surface area (Å²) >= 11 is 2.56.